The molecule has 0 amide bonds. The van der Waals surface area contributed by atoms with E-state index in [1.807, 2.05) is 36.4 Å². The van der Waals surface area contributed by atoms with Crippen molar-refractivity contribution in [3.8, 4) is 0 Å². The average molecular weight is 341 g/mol. The van der Waals surface area contributed by atoms with Crippen molar-refractivity contribution in [3.05, 3.63) is 84.0 Å². The Bertz CT molecular complexity index is 788. The molecule has 122 valence electrons. The van der Waals surface area contributed by atoms with E-state index in [2.05, 4.69) is 10.5 Å². The highest BCUT2D eigenvalue weighted by molar-refractivity contribution is 8.14. The molecule has 3 N–H and O–H groups in total. The van der Waals surface area contributed by atoms with Gasteiger partial charge in [-0.1, -0.05) is 30.0 Å². The van der Waals surface area contributed by atoms with Gasteiger partial charge in [-0.15, -0.1) is 0 Å². The maximum atomic E-state index is 10.9. The summed E-state index contributed by atoms with van der Waals surface area (Å²) < 4.78 is 5.44. The Hall–Kier alpha value is -2.58. The molecule has 0 radical (unpaired) electrons. The van der Waals surface area contributed by atoms with Gasteiger partial charge in [0.25, 0.3) is 0 Å². The minimum atomic E-state index is -0.957. The Morgan fingerprint density at radius 2 is 1.79 bits per heavy atom. The first kappa shape index (κ1) is 16.3. The molecule has 2 aromatic carbocycles. The van der Waals surface area contributed by atoms with Crippen molar-refractivity contribution in [2.75, 3.05) is 5.43 Å². The predicted octanol–water partition coefficient (Wildman–Crippen LogP) is 3.25. The number of nitrogens with zero attached hydrogens (tertiary/aromatic N) is 1. The van der Waals surface area contributed by atoms with Gasteiger partial charge in [-0.25, -0.2) is 5.21 Å². The molecule has 0 aliphatic rings. The van der Waals surface area contributed by atoms with Crippen molar-refractivity contribution in [1.82, 2.24) is 0 Å². The van der Waals surface area contributed by atoms with Crippen LogP contribution in [-0.2, 0) is 0 Å². The fourth-order valence-corrected chi connectivity index (χ4v) is 2.76. The first-order valence-electron chi connectivity index (χ1n) is 7.16. The molecule has 1 aromatic heterocycles. The normalized spacial score (nSPS) is 12.8. The largest absolute Gasteiger partial charge is 0.595 e. The van der Waals surface area contributed by atoms with E-state index in [4.69, 9.17) is 9.62 Å². The maximum Gasteiger partial charge on any atom is 0.164 e. The Kier molecular flexibility index (Phi) is 5.29. The summed E-state index contributed by atoms with van der Waals surface area (Å²) in [5.74, 6) is 0.651. The van der Waals surface area contributed by atoms with E-state index < -0.39 is 5.23 Å². The molecule has 0 saturated carbocycles. The minimum absolute atomic E-state index is 0.231. The molecule has 0 spiro atoms. The van der Waals surface area contributed by atoms with Crippen LogP contribution in [0.25, 0.3) is 0 Å². The number of benzene rings is 2. The summed E-state index contributed by atoms with van der Waals surface area (Å²) in [7, 11) is 0. The molecule has 0 fully saturated rings. The molecule has 1 unspecified atom stereocenters. The lowest BCUT2D eigenvalue weighted by Crippen LogP contribution is -2.99. The highest BCUT2D eigenvalue weighted by atomic mass is 32.2. The zero-order valence-electron chi connectivity index (χ0n) is 12.5. The van der Waals surface area contributed by atoms with Gasteiger partial charge in [-0.2, -0.15) is 10.3 Å². The topological polar surface area (TPSA) is 85.3 Å². The number of hydrogen-bond donors (Lipinski definition) is 3. The van der Waals surface area contributed by atoms with Crippen molar-refractivity contribution < 1.29 is 14.9 Å². The van der Waals surface area contributed by atoms with Crippen LogP contribution in [0.15, 0.2) is 87.4 Å². The Labute approximate surface area is 142 Å². The zero-order chi connectivity index (χ0) is 16.8. The van der Waals surface area contributed by atoms with Crippen LogP contribution in [0, 0.1) is 5.21 Å². The molecule has 7 heteroatoms. The molecule has 24 heavy (non-hydrogen) atoms. The number of thioether (sulfide) groups is 1. The smallest absolute Gasteiger partial charge is 0.164 e. The van der Waals surface area contributed by atoms with Gasteiger partial charge >= 0.3 is 0 Å². The highest BCUT2D eigenvalue weighted by Crippen LogP contribution is 2.24. The van der Waals surface area contributed by atoms with Crippen molar-refractivity contribution in [1.29, 1.82) is 0 Å². The third-order valence-electron chi connectivity index (χ3n) is 3.11. The Morgan fingerprint density at radius 3 is 2.42 bits per heavy atom. The molecule has 3 rings (SSSR count). The Morgan fingerprint density at radius 1 is 1.04 bits per heavy atom. The van der Waals surface area contributed by atoms with Crippen LogP contribution < -0.4 is 10.7 Å². The molecule has 0 aliphatic heterocycles. The lowest BCUT2D eigenvalue weighted by Gasteiger charge is -2.11. The fraction of sp³-hybridized carbons (Fsp3) is 0. The van der Waals surface area contributed by atoms with Crippen LogP contribution in [0.3, 0.4) is 0 Å². The molecule has 6 nitrogen and oxygen atoms in total. The minimum Gasteiger partial charge on any atom is -0.595 e. The predicted molar refractivity (Wildman–Crippen MR) is 93.4 cm³/mol. The van der Waals surface area contributed by atoms with Gasteiger partial charge in [-0.3, -0.25) is 5.43 Å². The van der Waals surface area contributed by atoms with Crippen molar-refractivity contribution in [3.63, 3.8) is 0 Å². The average Bonchev–Trinajstić information content (AvgIpc) is 3.14. The van der Waals surface area contributed by atoms with E-state index in [1.54, 1.807) is 24.5 Å². The summed E-state index contributed by atoms with van der Waals surface area (Å²) in [4.78, 5) is 1.04. The third-order valence-corrected chi connectivity index (χ3v) is 4.10. The Balaban J connectivity index is 1.79. The number of quaternary nitrogens is 1. The molecular formula is C17H15N3O3S. The molecule has 0 saturated heterocycles. The summed E-state index contributed by atoms with van der Waals surface area (Å²) in [6.07, 6.45) is 1.60. The van der Waals surface area contributed by atoms with Gasteiger partial charge < -0.3 is 9.62 Å². The molecule has 1 atom stereocenters. The highest BCUT2D eigenvalue weighted by Gasteiger charge is 2.09. The van der Waals surface area contributed by atoms with Crippen molar-refractivity contribution in [2.24, 2.45) is 5.10 Å². The summed E-state index contributed by atoms with van der Waals surface area (Å²) in [6.45, 7) is 0. The van der Waals surface area contributed by atoms with Crippen LogP contribution in [0.2, 0.25) is 0 Å². The molecule has 0 bridgehead atoms. The summed E-state index contributed by atoms with van der Waals surface area (Å²) in [5, 5.41) is 23.9. The second kappa shape index (κ2) is 7.80. The van der Waals surface area contributed by atoms with E-state index in [-0.39, 0.29) is 5.69 Å². The first-order valence-corrected chi connectivity index (χ1v) is 7.98. The fourth-order valence-electron chi connectivity index (χ4n) is 1.93. The first-order chi connectivity index (χ1) is 11.7. The van der Waals surface area contributed by atoms with Gasteiger partial charge in [-0.05, 0) is 36.4 Å². The van der Waals surface area contributed by atoms with Crippen LogP contribution in [0.1, 0.15) is 5.76 Å². The lowest BCUT2D eigenvalue weighted by molar-refractivity contribution is -0.991. The lowest BCUT2D eigenvalue weighted by atomic mass is 10.3. The number of nitrogens with one attached hydrogen (secondary N) is 2. The van der Waals surface area contributed by atoms with Gasteiger partial charge in [0.05, 0.1) is 12.0 Å². The molecule has 1 heterocycles. The number of furan rings is 1. The molecule has 3 aromatic rings. The van der Waals surface area contributed by atoms with Crippen molar-refractivity contribution in [2.45, 2.75) is 4.90 Å². The molecule has 0 aliphatic carbocycles. The second-order valence-corrected chi connectivity index (χ2v) is 5.87. The van der Waals surface area contributed by atoms with Gasteiger partial charge in [0, 0.05) is 17.0 Å². The van der Waals surface area contributed by atoms with Crippen LogP contribution in [0.5, 0.6) is 0 Å². The SMILES string of the molecule is [O-][NH+](O)c1ccc(NN=C(Sc2ccccc2)c2ccco2)cc1. The van der Waals surface area contributed by atoms with Crippen LogP contribution in [0.4, 0.5) is 11.4 Å². The summed E-state index contributed by atoms with van der Waals surface area (Å²) in [6, 6.07) is 19.9. The third kappa shape index (κ3) is 4.24. The number of hydrogen-bond acceptors (Lipinski definition) is 6. The number of anilines is 1. The second-order valence-electron chi connectivity index (χ2n) is 4.80. The van der Waals surface area contributed by atoms with Gasteiger partial charge in [0.2, 0.25) is 0 Å². The van der Waals surface area contributed by atoms with E-state index in [9.17, 15) is 5.21 Å². The monoisotopic (exact) mass is 341 g/mol. The van der Waals surface area contributed by atoms with Crippen molar-refractivity contribution >= 4 is 28.2 Å². The summed E-state index contributed by atoms with van der Waals surface area (Å²) in [5.41, 5.74) is 3.86. The van der Waals surface area contributed by atoms with Crippen LogP contribution in [-0.4, -0.2) is 10.3 Å². The van der Waals surface area contributed by atoms with E-state index in [0.29, 0.717) is 16.5 Å². The van der Waals surface area contributed by atoms with E-state index >= 15 is 0 Å². The van der Waals surface area contributed by atoms with Gasteiger partial charge in [0.15, 0.2) is 16.5 Å². The maximum absolute atomic E-state index is 10.9. The van der Waals surface area contributed by atoms with E-state index in [0.717, 1.165) is 4.90 Å². The number of hydrazone groups is 1. The van der Waals surface area contributed by atoms with Gasteiger partial charge in [0.1, 0.15) is 0 Å². The summed E-state index contributed by atoms with van der Waals surface area (Å²) >= 11 is 1.47. The standard InChI is InChI=1S/C17H15N3O3S/c21-20(22)14-10-8-13(9-11-14)18-19-17(16-7-4-12-23-16)24-15-5-2-1-3-6-15/h1-12,18,20-21H. The van der Waals surface area contributed by atoms with E-state index in [1.165, 1.54) is 23.9 Å². The van der Waals surface area contributed by atoms with Crippen LogP contribution >= 0.6 is 11.8 Å². The molecular weight excluding hydrogens is 326 g/mol. The zero-order valence-corrected chi connectivity index (χ0v) is 13.4. The quantitative estimate of drug-likeness (QED) is 0.287. The number of rotatable bonds is 5.